The minimum absolute atomic E-state index is 0.288. The first kappa shape index (κ1) is 17.1. The number of benzene rings is 1. The molecule has 3 rings (SSSR count). The van der Waals surface area contributed by atoms with Crippen molar-refractivity contribution < 1.29 is 22.4 Å². The third-order valence-corrected chi connectivity index (χ3v) is 3.59. The highest BCUT2D eigenvalue weighted by Gasteiger charge is 2.30. The molecule has 0 radical (unpaired) electrons. The summed E-state index contributed by atoms with van der Waals surface area (Å²) in [6.45, 7) is 0.839. The van der Waals surface area contributed by atoms with Gasteiger partial charge in [0.1, 0.15) is 5.82 Å². The summed E-state index contributed by atoms with van der Waals surface area (Å²) in [5, 5.41) is 3.43. The van der Waals surface area contributed by atoms with Gasteiger partial charge in [-0.3, -0.25) is 0 Å². The summed E-state index contributed by atoms with van der Waals surface area (Å²) in [4.78, 5) is 14.3. The monoisotopic (exact) mass is 354 g/mol. The van der Waals surface area contributed by atoms with Crippen molar-refractivity contribution in [3.8, 4) is 11.1 Å². The van der Waals surface area contributed by atoms with Gasteiger partial charge in [-0.2, -0.15) is 13.2 Å². The zero-order valence-electron chi connectivity index (χ0n) is 13.2. The molecular weight excluding hydrogens is 340 g/mol. The summed E-state index contributed by atoms with van der Waals surface area (Å²) in [6, 6.07) is 5.07. The third kappa shape index (κ3) is 4.04. The number of nitrogens with zero attached hydrogens (tertiary/aromatic N) is 4. The molecule has 132 valence electrons. The molecule has 0 N–H and O–H groups in total. The molecule has 0 saturated carbocycles. The van der Waals surface area contributed by atoms with E-state index in [-0.39, 0.29) is 18.9 Å². The van der Waals surface area contributed by atoms with Gasteiger partial charge < -0.3 is 9.74 Å². The predicted molar refractivity (Wildman–Crippen MR) is 83.8 cm³/mol. The van der Waals surface area contributed by atoms with Gasteiger partial charge in [0.15, 0.2) is 0 Å². The Morgan fingerprint density at radius 1 is 1.20 bits per heavy atom. The van der Waals surface area contributed by atoms with Crippen molar-refractivity contribution in [1.82, 2.24) is 9.97 Å². The number of halogens is 4. The van der Waals surface area contributed by atoms with Crippen LogP contribution in [0.2, 0.25) is 0 Å². The van der Waals surface area contributed by atoms with Crippen molar-refractivity contribution in [2.75, 3.05) is 24.6 Å². The van der Waals surface area contributed by atoms with Gasteiger partial charge in [0.2, 0.25) is 12.6 Å². The molecule has 0 amide bonds. The Morgan fingerprint density at radius 3 is 2.52 bits per heavy atom. The average Bonchev–Trinajstić information content (AvgIpc) is 2.52. The molecule has 2 aromatic rings. The third-order valence-electron chi connectivity index (χ3n) is 3.59. The quantitative estimate of drug-likeness (QED) is 0.624. The van der Waals surface area contributed by atoms with Crippen molar-refractivity contribution in [1.29, 1.82) is 0 Å². The number of rotatable bonds is 4. The summed E-state index contributed by atoms with van der Waals surface area (Å²) in [6.07, 6.45) is -1.39. The fourth-order valence-corrected chi connectivity index (χ4v) is 2.28. The van der Waals surface area contributed by atoms with Gasteiger partial charge in [0, 0.05) is 23.5 Å². The van der Waals surface area contributed by atoms with Gasteiger partial charge in [-0.1, -0.05) is 23.4 Å². The molecule has 0 atom stereocenters. The predicted octanol–water partition coefficient (Wildman–Crippen LogP) is 3.35. The van der Waals surface area contributed by atoms with Gasteiger partial charge in [-0.15, -0.1) is 0 Å². The number of hydrogen-bond acceptors (Lipinski definition) is 5. The van der Waals surface area contributed by atoms with Gasteiger partial charge in [-0.25, -0.2) is 14.4 Å². The van der Waals surface area contributed by atoms with Crippen LogP contribution in [0.15, 0.2) is 35.7 Å². The Hall–Kier alpha value is -2.71. The van der Waals surface area contributed by atoms with Crippen LogP contribution in [0.1, 0.15) is 5.56 Å². The van der Waals surface area contributed by atoms with E-state index in [0.29, 0.717) is 28.4 Å². The lowest BCUT2D eigenvalue weighted by Gasteiger charge is -2.31. The van der Waals surface area contributed by atoms with Crippen LogP contribution in [-0.2, 0) is 4.84 Å². The minimum atomic E-state index is -4.41. The van der Waals surface area contributed by atoms with Crippen LogP contribution in [0.25, 0.3) is 11.1 Å². The Balaban J connectivity index is 1.61. The van der Waals surface area contributed by atoms with E-state index in [9.17, 15) is 17.6 Å². The first-order valence-corrected chi connectivity index (χ1v) is 7.40. The van der Waals surface area contributed by atoms with E-state index in [1.807, 2.05) is 0 Å². The molecule has 1 aliphatic heterocycles. The maximum Gasteiger partial charge on any atom is 0.425 e. The molecule has 0 bridgehead atoms. The van der Waals surface area contributed by atoms with Crippen molar-refractivity contribution in [2.45, 2.75) is 13.1 Å². The van der Waals surface area contributed by atoms with Crippen molar-refractivity contribution >= 4 is 11.7 Å². The maximum absolute atomic E-state index is 14.1. The second-order valence-electron chi connectivity index (χ2n) is 5.61. The largest absolute Gasteiger partial charge is 0.425 e. The second kappa shape index (κ2) is 6.66. The summed E-state index contributed by atoms with van der Waals surface area (Å²) in [5.74, 6) is 0.0746. The molecule has 0 spiro atoms. The lowest BCUT2D eigenvalue weighted by atomic mass is 10.1. The molecule has 9 heteroatoms. The van der Waals surface area contributed by atoms with E-state index in [4.69, 9.17) is 0 Å². The average molecular weight is 354 g/mol. The number of anilines is 1. The van der Waals surface area contributed by atoms with Crippen LogP contribution < -0.4 is 4.90 Å². The molecule has 1 saturated heterocycles. The number of oxime groups is 1. The van der Waals surface area contributed by atoms with Crippen LogP contribution >= 0.6 is 0 Å². The summed E-state index contributed by atoms with van der Waals surface area (Å²) >= 11 is 0. The summed E-state index contributed by atoms with van der Waals surface area (Å²) in [7, 11) is 0. The fourth-order valence-electron chi connectivity index (χ4n) is 2.28. The Morgan fingerprint density at radius 2 is 1.88 bits per heavy atom. The molecule has 2 heterocycles. The van der Waals surface area contributed by atoms with Gasteiger partial charge in [0.05, 0.1) is 18.8 Å². The minimum Gasteiger partial charge on any atom is -0.386 e. The highest BCUT2D eigenvalue weighted by atomic mass is 19.4. The smallest absolute Gasteiger partial charge is 0.386 e. The van der Waals surface area contributed by atoms with E-state index in [1.165, 1.54) is 12.4 Å². The number of alkyl halides is 3. The number of aryl methyl sites for hydroxylation is 1. The zero-order chi connectivity index (χ0) is 18.0. The molecule has 5 nitrogen and oxygen atoms in total. The van der Waals surface area contributed by atoms with Crippen LogP contribution in [-0.4, -0.2) is 41.6 Å². The van der Waals surface area contributed by atoms with E-state index in [2.05, 4.69) is 20.0 Å². The highest BCUT2D eigenvalue weighted by Crippen LogP contribution is 2.25. The van der Waals surface area contributed by atoms with Crippen LogP contribution in [0.5, 0.6) is 0 Å². The zero-order valence-corrected chi connectivity index (χ0v) is 13.2. The van der Waals surface area contributed by atoms with E-state index in [1.54, 1.807) is 30.0 Å². The van der Waals surface area contributed by atoms with Crippen LogP contribution in [0.3, 0.4) is 0 Å². The summed E-state index contributed by atoms with van der Waals surface area (Å²) in [5.41, 5.74) is 1.97. The molecule has 1 aromatic heterocycles. The van der Waals surface area contributed by atoms with Crippen molar-refractivity contribution in [3.63, 3.8) is 0 Å². The molecule has 1 aromatic carbocycles. The highest BCUT2D eigenvalue weighted by molar-refractivity contribution is 5.98. The topological polar surface area (TPSA) is 50.6 Å². The van der Waals surface area contributed by atoms with Crippen molar-refractivity contribution in [3.05, 3.63) is 42.0 Å². The molecule has 0 aliphatic carbocycles. The second-order valence-corrected chi connectivity index (χ2v) is 5.61. The summed E-state index contributed by atoms with van der Waals surface area (Å²) < 4.78 is 49.9. The SMILES string of the molecule is Cc1cccc(-c2cnc(N3CC(=NOCC(F)(F)F)C3)nc2)c1F. The fraction of sp³-hybridized carbons (Fsp3) is 0.312. The normalized spacial score (nSPS) is 14.3. The molecule has 25 heavy (non-hydrogen) atoms. The molecular formula is C16H14F4N4O. The molecule has 1 aliphatic rings. The van der Waals surface area contributed by atoms with Gasteiger partial charge in [0.25, 0.3) is 0 Å². The van der Waals surface area contributed by atoms with Crippen molar-refractivity contribution in [2.24, 2.45) is 5.16 Å². The number of hydrogen-bond donors (Lipinski definition) is 0. The van der Waals surface area contributed by atoms with E-state index >= 15 is 0 Å². The molecule has 1 fully saturated rings. The van der Waals surface area contributed by atoms with E-state index in [0.717, 1.165) is 0 Å². The Bertz CT molecular complexity index is 782. The first-order chi connectivity index (χ1) is 11.8. The van der Waals surface area contributed by atoms with E-state index < -0.39 is 12.8 Å². The maximum atomic E-state index is 14.1. The standard InChI is InChI=1S/C16H14F4N4O/c1-10-3-2-4-13(14(10)17)11-5-21-15(22-6-11)24-7-12(8-24)23-25-9-16(18,19)20/h2-6H,7-9H2,1H3. The first-order valence-electron chi connectivity index (χ1n) is 7.40. The molecule has 0 unspecified atom stereocenters. The Labute approximate surface area is 140 Å². The van der Waals surface area contributed by atoms with Crippen LogP contribution in [0, 0.1) is 12.7 Å². The Kier molecular flexibility index (Phi) is 4.56. The lowest BCUT2D eigenvalue weighted by molar-refractivity contribution is -0.173. The van der Waals surface area contributed by atoms with Gasteiger partial charge >= 0.3 is 6.18 Å². The van der Waals surface area contributed by atoms with Gasteiger partial charge in [-0.05, 0) is 12.5 Å². The van der Waals surface area contributed by atoms with Crippen LogP contribution in [0.4, 0.5) is 23.5 Å². The number of aromatic nitrogens is 2. The lowest BCUT2D eigenvalue weighted by Crippen LogP contribution is -2.48.